The third kappa shape index (κ3) is 4.88. The minimum atomic E-state index is -0.140. The highest BCUT2D eigenvalue weighted by molar-refractivity contribution is 6.32. The lowest BCUT2D eigenvalue weighted by molar-refractivity contribution is -0.118. The Kier molecular flexibility index (Phi) is 7.94. The van der Waals surface area contributed by atoms with Crippen LogP contribution in [0.5, 0.6) is 11.5 Å². The summed E-state index contributed by atoms with van der Waals surface area (Å²) >= 11 is 6.12. The smallest absolute Gasteiger partial charge is 0.238 e. The van der Waals surface area contributed by atoms with Gasteiger partial charge >= 0.3 is 0 Å². The Balaban J connectivity index is 0.00000280. The van der Waals surface area contributed by atoms with E-state index in [1.54, 1.807) is 18.3 Å². The Morgan fingerprint density at radius 1 is 1.36 bits per heavy atom. The molecule has 8 nitrogen and oxygen atoms in total. The highest BCUT2D eigenvalue weighted by atomic mass is 35.5. The maximum atomic E-state index is 12.7. The number of carbonyl (C=O) groups excluding carboxylic acids is 1. The van der Waals surface area contributed by atoms with E-state index in [-0.39, 0.29) is 30.9 Å². The summed E-state index contributed by atoms with van der Waals surface area (Å²) in [6.07, 6.45) is 3.68. The number of ether oxygens (including phenoxy) is 2. The quantitative estimate of drug-likeness (QED) is 0.731. The summed E-state index contributed by atoms with van der Waals surface area (Å²) in [6.45, 7) is 2.57. The zero-order valence-electron chi connectivity index (χ0n) is 16.1. The first-order valence-corrected chi connectivity index (χ1v) is 9.04. The largest absolute Gasteiger partial charge is 0.495 e. The van der Waals surface area contributed by atoms with Crippen molar-refractivity contribution in [1.82, 2.24) is 19.8 Å². The van der Waals surface area contributed by atoms with E-state index < -0.39 is 0 Å². The van der Waals surface area contributed by atoms with Crippen LogP contribution in [0.3, 0.4) is 0 Å². The average molecular weight is 430 g/mol. The third-order valence-electron chi connectivity index (χ3n) is 4.61. The fourth-order valence-corrected chi connectivity index (χ4v) is 3.45. The van der Waals surface area contributed by atoms with Gasteiger partial charge in [-0.1, -0.05) is 11.6 Å². The van der Waals surface area contributed by atoms with Crippen molar-refractivity contribution in [3.05, 3.63) is 35.4 Å². The van der Waals surface area contributed by atoms with Gasteiger partial charge in [0.2, 0.25) is 5.91 Å². The molecule has 0 aliphatic carbocycles. The first-order valence-electron chi connectivity index (χ1n) is 8.66. The molecule has 28 heavy (non-hydrogen) atoms. The van der Waals surface area contributed by atoms with E-state index in [0.29, 0.717) is 22.2 Å². The summed E-state index contributed by atoms with van der Waals surface area (Å²) in [5.74, 6) is 1.75. The molecule has 1 unspecified atom stereocenters. The van der Waals surface area contributed by atoms with Crippen LogP contribution in [-0.2, 0) is 11.8 Å². The number of aromatic nitrogens is 2. The number of piperazine rings is 1. The minimum Gasteiger partial charge on any atom is -0.495 e. The Morgan fingerprint density at radius 2 is 2.11 bits per heavy atom. The van der Waals surface area contributed by atoms with Crippen molar-refractivity contribution in [2.45, 2.75) is 6.04 Å². The number of imidazole rings is 1. The molecule has 2 heterocycles. The predicted molar refractivity (Wildman–Crippen MR) is 111 cm³/mol. The zero-order valence-corrected chi connectivity index (χ0v) is 17.6. The van der Waals surface area contributed by atoms with E-state index in [1.165, 1.54) is 14.2 Å². The van der Waals surface area contributed by atoms with Crippen LogP contribution in [0, 0.1) is 0 Å². The summed E-state index contributed by atoms with van der Waals surface area (Å²) in [5.41, 5.74) is 0.521. The van der Waals surface area contributed by atoms with Gasteiger partial charge in [-0.2, -0.15) is 0 Å². The Hall–Kier alpha value is -2.00. The molecule has 0 spiro atoms. The molecule has 0 bridgehead atoms. The molecule has 154 valence electrons. The minimum absolute atomic E-state index is 0. The van der Waals surface area contributed by atoms with Gasteiger partial charge in [-0.25, -0.2) is 4.98 Å². The predicted octanol–water partition coefficient (Wildman–Crippen LogP) is 2.10. The molecule has 1 fully saturated rings. The fraction of sp³-hybridized carbons (Fsp3) is 0.444. The van der Waals surface area contributed by atoms with Crippen LogP contribution in [0.4, 0.5) is 5.69 Å². The molecule has 1 aliphatic heterocycles. The summed E-state index contributed by atoms with van der Waals surface area (Å²) in [6, 6.07) is 3.32. The van der Waals surface area contributed by atoms with Crippen LogP contribution in [0.15, 0.2) is 24.5 Å². The van der Waals surface area contributed by atoms with Gasteiger partial charge in [-0.3, -0.25) is 9.69 Å². The molecule has 1 amide bonds. The molecule has 10 heteroatoms. The van der Waals surface area contributed by atoms with E-state index >= 15 is 0 Å². The van der Waals surface area contributed by atoms with Crippen molar-refractivity contribution in [3.8, 4) is 11.5 Å². The Morgan fingerprint density at radius 3 is 2.75 bits per heavy atom. The Bertz CT molecular complexity index is 815. The van der Waals surface area contributed by atoms with Crippen molar-refractivity contribution in [3.63, 3.8) is 0 Å². The number of benzene rings is 1. The molecule has 1 aromatic carbocycles. The van der Waals surface area contributed by atoms with Crippen molar-refractivity contribution in [2.24, 2.45) is 7.05 Å². The molecular weight excluding hydrogens is 405 g/mol. The molecule has 0 saturated carbocycles. The van der Waals surface area contributed by atoms with Gasteiger partial charge in [0.1, 0.15) is 17.3 Å². The molecule has 1 aromatic heterocycles. The van der Waals surface area contributed by atoms with Crippen molar-refractivity contribution in [2.75, 3.05) is 45.7 Å². The van der Waals surface area contributed by atoms with Gasteiger partial charge in [0.05, 0.1) is 37.5 Å². The van der Waals surface area contributed by atoms with Crippen LogP contribution < -0.4 is 20.1 Å². The number of carbonyl (C=O) groups is 1. The van der Waals surface area contributed by atoms with Gasteiger partial charge in [0.15, 0.2) is 0 Å². The van der Waals surface area contributed by atoms with E-state index in [0.717, 1.165) is 25.5 Å². The molecule has 1 saturated heterocycles. The van der Waals surface area contributed by atoms with Crippen LogP contribution >= 0.6 is 24.0 Å². The van der Waals surface area contributed by atoms with E-state index in [9.17, 15) is 4.79 Å². The first-order chi connectivity index (χ1) is 13.0. The summed E-state index contributed by atoms with van der Waals surface area (Å²) < 4.78 is 12.5. The van der Waals surface area contributed by atoms with Gasteiger partial charge in [0.25, 0.3) is 0 Å². The fourth-order valence-electron chi connectivity index (χ4n) is 3.22. The number of methoxy groups -OCH3 is 2. The molecule has 1 aliphatic rings. The number of amides is 1. The monoisotopic (exact) mass is 429 g/mol. The molecule has 1 atom stereocenters. The van der Waals surface area contributed by atoms with Crippen molar-refractivity contribution >= 4 is 35.6 Å². The number of rotatable bonds is 6. The maximum absolute atomic E-state index is 12.7. The van der Waals surface area contributed by atoms with Gasteiger partial charge in [-0.05, 0) is 0 Å². The topological polar surface area (TPSA) is 80.7 Å². The maximum Gasteiger partial charge on any atom is 0.238 e. The van der Waals surface area contributed by atoms with Crippen LogP contribution in [0.1, 0.15) is 11.9 Å². The molecule has 3 rings (SSSR count). The first kappa shape index (κ1) is 22.3. The summed E-state index contributed by atoms with van der Waals surface area (Å²) in [4.78, 5) is 19.3. The van der Waals surface area contributed by atoms with E-state index in [2.05, 4.69) is 20.5 Å². The second-order valence-electron chi connectivity index (χ2n) is 6.32. The van der Waals surface area contributed by atoms with Gasteiger partial charge in [0, 0.05) is 51.2 Å². The second-order valence-corrected chi connectivity index (χ2v) is 6.73. The summed E-state index contributed by atoms with van der Waals surface area (Å²) in [5, 5.41) is 6.68. The number of nitrogens with one attached hydrogen (secondary N) is 2. The van der Waals surface area contributed by atoms with Crippen molar-refractivity contribution < 1.29 is 14.3 Å². The van der Waals surface area contributed by atoms with Crippen LogP contribution in [0.25, 0.3) is 0 Å². The van der Waals surface area contributed by atoms with Crippen LogP contribution in [0.2, 0.25) is 5.02 Å². The standard InChI is InChI=1S/C18H24ClN5O3.ClH/c1-23-6-5-21-18(23)14-10-20-4-7-24(14)11-17(25)22-13-9-15(26-2)12(19)8-16(13)27-3;/h5-6,8-9,14,20H,4,7,10-11H2,1-3H3,(H,22,25);1H. The molecule has 0 radical (unpaired) electrons. The average Bonchev–Trinajstić information content (AvgIpc) is 3.09. The number of anilines is 1. The highest BCUT2D eigenvalue weighted by Crippen LogP contribution is 2.35. The number of nitrogens with zero attached hydrogens (tertiary/aromatic N) is 3. The van der Waals surface area contributed by atoms with Crippen LogP contribution in [-0.4, -0.2) is 60.8 Å². The van der Waals surface area contributed by atoms with E-state index in [4.69, 9.17) is 21.1 Å². The lowest BCUT2D eigenvalue weighted by Gasteiger charge is -2.35. The Labute approximate surface area is 175 Å². The van der Waals surface area contributed by atoms with Crippen molar-refractivity contribution in [1.29, 1.82) is 0 Å². The lowest BCUT2D eigenvalue weighted by atomic mass is 10.1. The van der Waals surface area contributed by atoms with Gasteiger partial charge < -0.3 is 24.7 Å². The number of hydrogen-bond acceptors (Lipinski definition) is 6. The molecule has 2 N–H and O–H groups in total. The van der Waals surface area contributed by atoms with Gasteiger partial charge in [-0.15, -0.1) is 12.4 Å². The third-order valence-corrected chi connectivity index (χ3v) is 4.90. The number of hydrogen-bond donors (Lipinski definition) is 2. The molecule has 2 aromatic rings. The highest BCUT2D eigenvalue weighted by Gasteiger charge is 2.28. The lowest BCUT2D eigenvalue weighted by Crippen LogP contribution is -2.49. The number of halogens is 2. The molecular formula is C18H25Cl2N5O3. The normalized spacial score (nSPS) is 16.9. The second kappa shape index (κ2) is 9.97. The zero-order chi connectivity index (χ0) is 19.4. The number of aryl methyl sites for hydroxylation is 1. The van der Waals surface area contributed by atoms with E-state index in [1.807, 2.05) is 17.8 Å². The SMILES string of the molecule is COc1cc(NC(=O)CN2CCNCC2c2nccn2C)c(OC)cc1Cl.Cl. The summed E-state index contributed by atoms with van der Waals surface area (Å²) in [7, 11) is 5.01.